The van der Waals surface area contributed by atoms with Crippen molar-refractivity contribution in [3.63, 3.8) is 0 Å². The first-order valence-corrected chi connectivity index (χ1v) is 15.4. The molecule has 3 aliphatic heterocycles. The van der Waals surface area contributed by atoms with E-state index in [1.807, 2.05) is 0 Å². The van der Waals surface area contributed by atoms with E-state index in [1.165, 1.54) is 19.1 Å². The molecule has 3 heterocycles. The Balaban J connectivity index is 1.35. The molecule has 0 radical (unpaired) electrons. The van der Waals surface area contributed by atoms with Crippen molar-refractivity contribution >= 4 is 0 Å². The number of hydroxylamine groups is 3. The third-order valence-corrected chi connectivity index (χ3v) is 9.61. The maximum atomic E-state index is 14.1. The van der Waals surface area contributed by atoms with Crippen LogP contribution in [0, 0.1) is 16.9 Å². The Morgan fingerprint density at radius 1 is 0.911 bits per heavy atom. The standard InChI is InChI=1S/C32H40F7N3O3/c1-21(24-17-25(31(34,35)36)19-26(18-24)32(37,38)39)45-30-29(22-3-5-27(33)6-4-22)23(9-16-44-30)20-42(43)14-12-41(13-15-42)28-7-10-40(2)11-8-28/h3-6,17-19,21,23,28-30H,7-16,20H2,1-2H3/t21-,23+,29+,30-/m1/s1. The summed E-state index contributed by atoms with van der Waals surface area (Å²) in [5.41, 5.74) is -2.55. The Kier molecular flexibility index (Phi) is 10.2. The molecule has 3 aliphatic rings. The average molecular weight is 648 g/mol. The minimum Gasteiger partial charge on any atom is -0.633 e. The normalized spacial score (nSPS) is 26.6. The second kappa shape index (κ2) is 13.4. The smallest absolute Gasteiger partial charge is 0.416 e. The number of likely N-dealkylation sites (tertiary alicyclic amines) is 1. The van der Waals surface area contributed by atoms with E-state index in [1.54, 1.807) is 12.1 Å². The molecular formula is C32H40F7N3O3. The second-order valence-corrected chi connectivity index (χ2v) is 12.7. The monoisotopic (exact) mass is 647 g/mol. The number of piperidine rings is 1. The summed E-state index contributed by atoms with van der Waals surface area (Å²) in [4.78, 5) is 4.71. The summed E-state index contributed by atoms with van der Waals surface area (Å²) in [5.74, 6) is -1.34. The number of quaternary nitrogens is 1. The number of rotatable bonds is 7. The van der Waals surface area contributed by atoms with E-state index in [4.69, 9.17) is 9.47 Å². The average Bonchev–Trinajstić information content (AvgIpc) is 2.98. The van der Waals surface area contributed by atoms with Gasteiger partial charge in [-0.05, 0) is 87.8 Å². The molecule has 4 atom stereocenters. The van der Waals surface area contributed by atoms with Gasteiger partial charge in [-0.15, -0.1) is 0 Å². The summed E-state index contributed by atoms with van der Waals surface area (Å²) in [6.45, 7) is 6.02. The molecule has 0 bridgehead atoms. The van der Waals surface area contributed by atoms with E-state index >= 15 is 0 Å². The molecule has 0 amide bonds. The van der Waals surface area contributed by atoms with E-state index < -0.39 is 52.3 Å². The lowest BCUT2D eigenvalue weighted by molar-refractivity contribution is -0.889. The number of nitrogens with zero attached hydrogens (tertiary/aromatic N) is 3. The summed E-state index contributed by atoms with van der Waals surface area (Å²) < 4.78 is 107. The van der Waals surface area contributed by atoms with Crippen LogP contribution in [0.25, 0.3) is 0 Å². The first-order chi connectivity index (χ1) is 21.1. The number of alkyl halides is 6. The first-order valence-electron chi connectivity index (χ1n) is 15.4. The maximum absolute atomic E-state index is 14.1. The summed E-state index contributed by atoms with van der Waals surface area (Å²) in [7, 11) is 2.11. The Hall–Kier alpha value is -2.29. The predicted octanol–water partition coefficient (Wildman–Crippen LogP) is 6.81. The third kappa shape index (κ3) is 8.36. The van der Waals surface area contributed by atoms with Crippen LogP contribution in [0.2, 0.25) is 0 Å². The highest BCUT2D eigenvalue weighted by atomic mass is 19.4. The molecule has 2 aromatic carbocycles. The van der Waals surface area contributed by atoms with Gasteiger partial charge < -0.3 is 24.2 Å². The minimum absolute atomic E-state index is 0.0777. The quantitative estimate of drug-likeness (QED) is 0.188. The molecule has 0 N–H and O–H groups in total. The SMILES string of the molecule is C[C@@H](O[C@H]1OCC[C@@H](C[N+]2([O-])CCN(C3CCN(C)CC3)CC2)[C@@H]1c1ccc(F)cc1)c1cc(C(F)(F)F)cc(C(F)(F)F)c1. The van der Waals surface area contributed by atoms with Crippen LogP contribution in [0.4, 0.5) is 30.7 Å². The number of halogens is 7. The zero-order chi connectivity index (χ0) is 32.6. The lowest BCUT2D eigenvalue weighted by Crippen LogP contribution is -2.61. The molecule has 0 aromatic heterocycles. The van der Waals surface area contributed by atoms with Crippen LogP contribution in [-0.2, 0) is 21.8 Å². The number of ether oxygens (including phenoxy) is 2. The van der Waals surface area contributed by atoms with E-state index in [9.17, 15) is 35.9 Å². The highest BCUT2D eigenvalue weighted by molar-refractivity contribution is 5.35. The van der Waals surface area contributed by atoms with Crippen molar-refractivity contribution < 1.29 is 44.9 Å². The molecular weight excluding hydrogens is 607 g/mol. The highest BCUT2D eigenvalue weighted by Gasteiger charge is 2.43. The molecule has 6 nitrogen and oxygen atoms in total. The second-order valence-electron chi connectivity index (χ2n) is 12.7. The largest absolute Gasteiger partial charge is 0.633 e. The molecule has 0 spiro atoms. The van der Waals surface area contributed by atoms with Gasteiger partial charge in [-0.25, -0.2) is 4.39 Å². The van der Waals surface area contributed by atoms with Crippen LogP contribution >= 0.6 is 0 Å². The van der Waals surface area contributed by atoms with Gasteiger partial charge in [0.05, 0.1) is 43.5 Å². The zero-order valence-corrected chi connectivity index (χ0v) is 25.4. The van der Waals surface area contributed by atoms with Gasteiger partial charge in [0.25, 0.3) is 0 Å². The van der Waals surface area contributed by atoms with Crippen molar-refractivity contribution in [2.45, 2.75) is 62.9 Å². The molecule has 3 saturated heterocycles. The van der Waals surface area contributed by atoms with Gasteiger partial charge in [0.15, 0.2) is 6.29 Å². The predicted molar refractivity (Wildman–Crippen MR) is 153 cm³/mol. The van der Waals surface area contributed by atoms with Crippen LogP contribution in [0.3, 0.4) is 0 Å². The Morgan fingerprint density at radius 3 is 2.04 bits per heavy atom. The Labute approximate surface area is 258 Å². The topological polar surface area (TPSA) is 48.0 Å². The van der Waals surface area contributed by atoms with Gasteiger partial charge in [-0.2, -0.15) is 26.3 Å². The van der Waals surface area contributed by atoms with E-state index in [0.29, 0.717) is 56.3 Å². The number of hydrogen-bond donors (Lipinski definition) is 0. The lowest BCUT2D eigenvalue weighted by Gasteiger charge is -2.53. The summed E-state index contributed by atoms with van der Waals surface area (Å²) in [6, 6.07) is 7.48. The minimum atomic E-state index is -5.00. The summed E-state index contributed by atoms with van der Waals surface area (Å²) >= 11 is 0. The van der Waals surface area contributed by atoms with E-state index in [2.05, 4.69) is 16.8 Å². The lowest BCUT2D eigenvalue weighted by atomic mass is 9.81. The van der Waals surface area contributed by atoms with Gasteiger partial charge in [-0.3, -0.25) is 4.90 Å². The van der Waals surface area contributed by atoms with Crippen molar-refractivity contribution in [3.05, 3.63) is 75.7 Å². The molecule has 13 heteroatoms. The number of benzene rings is 2. The fourth-order valence-electron chi connectivity index (χ4n) is 6.96. The van der Waals surface area contributed by atoms with E-state index in [0.717, 1.165) is 25.9 Å². The fraction of sp³-hybridized carbons (Fsp3) is 0.625. The van der Waals surface area contributed by atoms with Gasteiger partial charge in [0.2, 0.25) is 0 Å². The van der Waals surface area contributed by atoms with Crippen molar-refractivity contribution in [1.82, 2.24) is 9.80 Å². The molecule has 0 aliphatic carbocycles. The third-order valence-electron chi connectivity index (χ3n) is 9.61. The van der Waals surface area contributed by atoms with Crippen molar-refractivity contribution in [2.24, 2.45) is 5.92 Å². The molecule has 0 saturated carbocycles. The summed E-state index contributed by atoms with van der Waals surface area (Å²) in [5, 5.41) is 14.1. The van der Waals surface area contributed by atoms with E-state index in [-0.39, 0.29) is 30.7 Å². The van der Waals surface area contributed by atoms with Gasteiger partial charge in [0, 0.05) is 31.0 Å². The van der Waals surface area contributed by atoms with Crippen LogP contribution < -0.4 is 0 Å². The van der Waals surface area contributed by atoms with Crippen molar-refractivity contribution in [2.75, 3.05) is 59.5 Å². The molecule has 5 rings (SSSR count). The molecule has 45 heavy (non-hydrogen) atoms. The molecule has 0 unspecified atom stereocenters. The van der Waals surface area contributed by atoms with Gasteiger partial charge in [-0.1, -0.05) is 12.1 Å². The Bertz CT molecular complexity index is 1240. The van der Waals surface area contributed by atoms with Crippen molar-refractivity contribution in [3.8, 4) is 0 Å². The molecule has 2 aromatic rings. The highest BCUT2D eigenvalue weighted by Crippen LogP contribution is 2.42. The van der Waals surface area contributed by atoms with Gasteiger partial charge in [0.1, 0.15) is 5.82 Å². The Morgan fingerprint density at radius 2 is 1.49 bits per heavy atom. The van der Waals surface area contributed by atoms with Gasteiger partial charge >= 0.3 is 12.4 Å². The first kappa shape index (κ1) is 34.1. The van der Waals surface area contributed by atoms with Crippen LogP contribution in [0.15, 0.2) is 42.5 Å². The van der Waals surface area contributed by atoms with Crippen molar-refractivity contribution in [1.29, 1.82) is 0 Å². The number of hydrogen-bond acceptors (Lipinski definition) is 5. The molecule has 3 fully saturated rings. The zero-order valence-electron chi connectivity index (χ0n) is 25.4. The molecule has 250 valence electrons. The number of piperazine rings is 1. The van der Waals surface area contributed by atoms with Crippen LogP contribution in [0.1, 0.15) is 60.5 Å². The fourth-order valence-corrected chi connectivity index (χ4v) is 6.96. The van der Waals surface area contributed by atoms with Crippen LogP contribution in [0.5, 0.6) is 0 Å². The van der Waals surface area contributed by atoms with Crippen LogP contribution in [-0.4, -0.2) is 86.2 Å². The summed E-state index contributed by atoms with van der Waals surface area (Å²) in [6.07, 6.45) is -9.66. The maximum Gasteiger partial charge on any atom is 0.416 e.